The van der Waals surface area contributed by atoms with Crippen molar-refractivity contribution in [3.8, 4) is 0 Å². The van der Waals surface area contributed by atoms with E-state index >= 15 is 0 Å². The zero-order valence-corrected chi connectivity index (χ0v) is 13.3. The summed E-state index contributed by atoms with van der Waals surface area (Å²) in [5.74, 6) is 0.947. The number of aromatic nitrogens is 3. The van der Waals surface area contributed by atoms with Gasteiger partial charge in [0.1, 0.15) is 5.82 Å². The molecule has 118 valence electrons. The molecule has 3 aromatic rings. The van der Waals surface area contributed by atoms with Gasteiger partial charge in [-0.2, -0.15) is 0 Å². The normalized spacial score (nSPS) is 13.7. The van der Waals surface area contributed by atoms with Gasteiger partial charge in [0.25, 0.3) is 5.91 Å². The van der Waals surface area contributed by atoms with Crippen LogP contribution in [0.5, 0.6) is 0 Å². The topological polar surface area (TPSA) is 70.7 Å². The lowest BCUT2D eigenvalue weighted by Crippen LogP contribution is -2.33. The SMILES string of the molecule is CC[C@H](C)[C@H](NC(=O)c1ccncc1)c1nc2ccccc2[nH]1. The van der Waals surface area contributed by atoms with E-state index in [0.29, 0.717) is 5.56 Å². The van der Waals surface area contributed by atoms with Crippen molar-refractivity contribution in [2.75, 3.05) is 0 Å². The van der Waals surface area contributed by atoms with Crippen LogP contribution in [0.2, 0.25) is 0 Å². The zero-order valence-electron chi connectivity index (χ0n) is 13.3. The third-order valence-corrected chi connectivity index (χ3v) is 4.14. The monoisotopic (exact) mass is 308 g/mol. The Morgan fingerprint density at radius 1 is 1.22 bits per heavy atom. The molecule has 0 spiro atoms. The molecule has 3 rings (SSSR count). The number of aromatic amines is 1. The number of amides is 1. The minimum Gasteiger partial charge on any atom is -0.342 e. The Bertz CT molecular complexity index is 764. The minimum absolute atomic E-state index is 0.113. The van der Waals surface area contributed by atoms with Crippen molar-refractivity contribution >= 4 is 16.9 Å². The van der Waals surface area contributed by atoms with Gasteiger partial charge in [0.05, 0.1) is 17.1 Å². The second kappa shape index (κ2) is 6.60. The van der Waals surface area contributed by atoms with Crippen molar-refractivity contribution in [3.05, 3.63) is 60.2 Å². The Kier molecular flexibility index (Phi) is 4.37. The number of carbonyl (C=O) groups excluding carboxylic acids is 1. The Hall–Kier alpha value is -2.69. The second-order valence-electron chi connectivity index (χ2n) is 5.71. The number of para-hydroxylation sites is 2. The number of hydrogen-bond acceptors (Lipinski definition) is 3. The highest BCUT2D eigenvalue weighted by Crippen LogP contribution is 2.25. The highest BCUT2D eigenvalue weighted by atomic mass is 16.1. The molecule has 5 nitrogen and oxygen atoms in total. The second-order valence-corrected chi connectivity index (χ2v) is 5.71. The molecular formula is C18H20N4O. The van der Waals surface area contributed by atoms with Gasteiger partial charge in [0.2, 0.25) is 0 Å². The zero-order chi connectivity index (χ0) is 16.2. The number of nitrogens with zero attached hydrogens (tertiary/aromatic N) is 2. The quantitative estimate of drug-likeness (QED) is 0.758. The van der Waals surface area contributed by atoms with Gasteiger partial charge in [0.15, 0.2) is 0 Å². The fraction of sp³-hybridized carbons (Fsp3) is 0.278. The smallest absolute Gasteiger partial charge is 0.251 e. The Morgan fingerprint density at radius 3 is 2.65 bits per heavy atom. The predicted octanol–water partition coefficient (Wildman–Crippen LogP) is 3.48. The first kappa shape index (κ1) is 15.2. The molecule has 1 amide bonds. The first-order chi connectivity index (χ1) is 11.2. The van der Waals surface area contributed by atoms with Crippen LogP contribution < -0.4 is 5.32 Å². The maximum atomic E-state index is 12.5. The van der Waals surface area contributed by atoms with Crippen LogP contribution in [0.1, 0.15) is 42.5 Å². The van der Waals surface area contributed by atoms with E-state index in [9.17, 15) is 4.79 Å². The molecule has 23 heavy (non-hydrogen) atoms. The van der Waals surface area contributed by atoms with Crippen molar-refractivity contribution in [2.24, 2.45) is 5.92 Å². The van der Waals surface area contributed by atoms with Gasteiger partial charge < -0.3 is 10.3 Å². The Morgan fingerprint density at radius 2 is 1.96 bits per heavy atom. The van der Waals surface area contributed by atoms with E-state index in [1.165, 1.54) is 0 Å². The number of rotatable bonds is 5. The van der Waals surface area contributed by atoms with E-state index < -0.39 is 0 Å². The molecule has 0 aliphatic heterocycles. The Balaban J connectivity index is 1.90. The summed E-state index contributed by atoms with van der Waals surface area (Å²) in [5.41, 5.74) is 2.49. The molecule has 0 saturated heterocycles. The Labute approximate surface area is 135 Å². The van der Waals surface area contributed by atoms with Crippen LogP contribution in [0.4, 0.5) is 0 Å². The molecule has 0 radical (unpaired) electrons. The van der Waals surface area contributed by atoms with Crippen molar-refractivity contribution < 1.29 is 4.79 Å². The number of nitrogens with one attached hydrogen (secondary N) is 2. The molecule has 0 unspecified atom stereocenters. The summed E-state index contributed by atoms with van der Waals surface area (Å²) in [7, 11) is 0. The summed E-state index contributed by atoms with van der Waals surface area (Å²) in [5, 5.41) is 3.10. The third kappa shape index (κ3) is 3.23. The van der Waals surface area contributed by atoms with Crippen molar-refractivity contribution in [2.45, 2.75) is 26.3 Å². The van der Waals surface area contributed by atoms with E-state index in [4.69, 9.17) is 0 Å². The molecule has 0 bridgehead atoms. The van der Waals surface area contributed by atoms with Crippen molar-refractivity contribution in [3.63, 3.8) is 0 Å². The molecule has 0 saturated carbocycles. The van der Waals surface area contributed by atoms with Gasteiger partial charge in [0, 0.05) is 18.0 Å². The van der Waals surface area contributed by atoms with Crippen LogP contribution in [0.25, 0.3) is 11.0 Å². The van der Waals surface area contributed by atoms with E-state index in [1.54, 1.807) is 24.5 Å². The molecule has 0 aliphatic carbocycles. The van der Waals surface area contributed by atoms with Crippen LogP contribution >= 0.6 is 0 Å². The lowest BCUT2D eigenvalue weighted by Gasteiger charge is -2.22. The van der Waals surface area contributed by atoms with Crippen LogP contribution in [-0.2, 0) is 0 Å². The van der Waals surface area contributed by atoms with E-state index in [1.807, 2.05) is 24.3 Å². The van der Waals surface area contributed by atoms with Gasteiger partial charge in [-0.15, -0.1) is 0 Å². The van der Waals surface area contributed by atoms with Crippen molar-refractivity contribution in [1.29, 1.82) is 0 Å². The lowest BCUT2D eigenvalue weighted by molar-refractivity contribution is 0.0920. The maximum absolute atomic E-state index is 12.5. The summed E-state index contributed by atoms with van der Waals surface area (Å²) in [6.45, 7) is 4.23. The van der Waals surface area contributed by atoms with Gasteiger partial charge in [-0.25, -0.2) is 4.98 Å². The molecule has 2 atom stereocenters. The van der Waals surface area contributed by atoms with E-state index in [0.717, 1.165) is 23.3 Å². The number of H-pyrrole nitrogens is 1. The highest BCUT2D eigenvalue weighted by Gasteiger charge is 2.24. The largest absolute Gasteiger partial charge is 0.342 e. The minimum atomic E-state index is -0.159. The van der Waals surface area contributed by atoms with E-state index in [2.05, 4.69) is 34.1 Å². The first-order valence-electron chi connectivity index (χ1n) is 7.84. The average molecular weight is 308 g/mol. The molecule has 2 heterocycles. The molecule has 2 N–H and O–H groups in total. The molecule has 1 aromatic carbocycles. The van der Waals surface area contributed by atoms with Gasteiger partial charge in [-0.05, 0) is 30.2 Å². The third-order valence-electron chi connectivity index (χ3n) is 4.14. The number of benzene rings is 1. The summed E-state index contributed by atoms with van der Waals surface area (Å²) < 4.78 is 0. The average Bonchev–Trinajstić information content (AvgIpc) is 3.03. The lowest BCUT2D eigenvalue weighted by atomic mass is 9.98. The predicted molar refractivity (Wildman–Crippen MR) is 90.0 cm³/mol. The van der Waals surface area contributed by atoms with Gasteiger partial charge in [-0.3, -0.25) is 9.78 Å². The van der Waals surface area contributed by atoms with E-state index in [-0.39, 0.29) is 17.9 Å². The number of hydrogen-bond donors (Lipinski definition) is 2. The van der Waals surface area contributed by atoms with Crippen LogP contribution in [0.3, 0.4) is 0 Å². The summed E-state index contributed by atoms with van der Waals surface area (Å²) in [6.07, 6.45) is 4.18. The molecule has 0 fully saturated rings. The number of imidazole rings is 1. The first-order valence-corrected chi connectivity index (χ1v) is 7.84. The maximum Gasteiger partial charge on any atom is 0.251 e. The molecule has 5 heteroatoms. The van der Waals surface area contributed by atoms with Gasteiger partial charge >= 0.3 is 0 Å². The summed E-state index contributed by atoms with van der Waals surface area (Å²) in [6, 6.07) is 11.1. The number of carbonyl (C=O) groups is 1. The van der Waals surface area contributed by atoms with Crippen LogP contribution in [-0.4, -0.2) is 20.9 Å². The van der Waals surface area contributed by atoms with Gasteiger partial charge in [-0.1, -0.05) is 32.4 Å². The van der Waals surface area contributed by atoms with Crippen LogP contribution in [0, 0.1) is 5.92 Å². The fourth-order valence-electron chi connectivity index (χ4n) is 2.56. The molecular weight excluding hydrogens is 288 g/mol. The number of fused-ring (bicyclic) bond motifs is 1. The summed E-state index contributed by atoms with van der Waals surface area (Å²) in [4.78, 5) is 24.4. The van der Waals surface area contributed by atoms with Crippen molar-refractivity contribution in [1.82, 2.24) is 20.3 Å². The highest BCUT2D eigenvalue weighted by molar-refractivity contribution is 5.94. The van der Waals surface area contributed by atoms with Crippen LogP contribution in [0.15, 0.2) is 48.8 Å². The number of pyridine rings is 1. The fourth-order valence-corrected chi connectivity index (χ4v) is 2.56. The molecule has 2 aromatic heterocycles. The summed E-state index contributed by atoms with van der Waals surface area (Å²) >= 11 is 0. The standard InChI is InChI=1S/C18H20N4O/c1-3-12(2)16(22-18(23)13-8-10-19-11-9-13)17-20-14-6-4-5-7-15(14)21-17/h4-12,16H,3H2,1-2H3,(H,20,21)(H,22,23)/t12-,16-/m0/s1. The molecule has 0 aliphatic rings.